The Hall–Kier alpha value is -2.39. The molecule has 1 aliphatic rings. The first-order valence-corrected chi connectivity index (χ1v) is 11.0. The van der Waals surface area contributed by atoms with E-state index in [9.17, 15) is 19.5 Å². The number of hydrogen-bond acceptors (Lipinski definition) is 5. The first kappa shape index (κ1) is 24.3. The zero-order valence-corrected chi connectivity index (χ0v) is 18.5. The maximum absolute atomic E-state index is 13.5. The number of primary amides is 1. The number of anilines is 1. The zero-order valence-electron chi connectivity index (χ0n) is 17.8. The molecule has 1 heterocycles. The third-order valence-corrected chi connectivity index (χ3v) is 5.91. The molecule has 2 unspecified atom stereocenters. The summed E-state index contributed by atoms with van der Waals surface area (Å²) in [4.78, 5) is 11.2. The molecule has 1 aliphatic heterocycles. The summed E-state index contributed by atoms with van der Waals surface area (Å²) >= 11 is 5.96. The second kappa shape index (κ2) is 11.0. The summed E-state index contributed by atoms with van der Waals surface area (Å²) in [7, 11) is 0. The van der Waals surface area contributed by atoms with Gasteiger partial charge in [-0.3, -0.25) is 0 Å². The van der Waals surface area contributed by atoms with Gasteiger partial charge in [0.2, 0.25) is 0 Å². The lowest BCUT2D eigenvalue weighted by Gasteiger charge is -2.31. The van der Waals surface area contributed by atoms with E-state index in [2.05, 4.69) is 5.32 Å². The normalized spacial score (nSPS) is 21.7. The predicted octanol–water partition coefficient (Wildman–Crippen LogP) is 4.35. The molecule has 174 valence electrons. The molecule has 7 nitrogen and oxygen atoms in total. The SMILES string of the molecule is NC(=O)Nc1cc(Cl)ccc1OCCCC1(O)CCCN(O)C(Cc2cccc(F)c2)C1. The van der Waals surface area contributed by atoms with Gasteiger partial charge < -0.3 is 26.1 Å². The highest BCUT2D eigenvalue weighted by Crippen LogP contribution is 2.32. The molecule has 0 saturated carbocycles. The Morgan fingerprint density at radius 3 is 2.91 bits per heavy atom. The monoisotopic (exact) mass is 465 g/mol. The van der Waals surface area contributed by atoms with Crippen molar-refractivity contribution in [2.45, 2.75) is 50.2 Å². The Bertz CT molecular complexity index is 932. The molecular formula is C23H29ClFN3O4. The molecule has 2 aromatic rings. The van der Waals surface area contributed by atoms with E-state index in [4.69, 9.17) is 22.1 Å². The second-order valence-electron chi connectivity index (χ2n) is 8.26. The van der Waals surface area contributed by atoms with Crippen LogP contribution in [0.4, 0.5) is 14.9 Å². The van der Waals surface area contributed by atoms with Crippen molar-refractivity contribution < 1.29 is 24.2 Å². The fourth-order valence-electron chi connectivity index (χ4n) is 4.18. The van der Waals surface area contributed by atoms with Crippen LogP contribution in [0.25, 0.3) is 0 Å². The molecule has 32 heavy (non-hydrogen) atoms. The van der Waals surface area contributed by atoms with E-state index >= 15 is 0 Å². The minimum Gasteiger partial charge on any atom is -0.491 e. The van der Waals surface area contributed by atoms with Crippen molar-refractivity contribution in [3.63, 3.8) is 0 Å². The number of amides is 2. The second-order valence-corrected chi connectivity index (χ2v) is 8.70. The maximum atomic E-state index is 13.5. The van der Waals surface area contributed by atoms with Gasteiger partial charge >= 0.3 is 6.03 Å². The Kier molecular flexibility index (Phi) is 8.31. The van der Waals surface area contributed by atoms with E-state index in [0.29, 0.717) is 68.1 Å². The number of halogens is 2. The molecule has 0 aliphatic carbocycles. The number of benzene rings is 2. The van der Waals surface area contributed by atoms with E-state index in [1.807, 2.05) is 6.07 Å². The van der Waals surface area contributed by atoms with Crippen molar-refractivity contribution in [1.82, 2.24) is 5.06 Å². The van der Waals surface area contributed by atoms with Gasteiger partial charge in [-0.2, -0.15) is 5.06 Å². The standard InChI is InChI=1S/C23H29ClFN3O4/c24-17-6-7-21(20(14-17)27-22(26)29)32-11-3-9-23(30)8-2-10-28(31)19(15-23)13-16-4-1-5-18(25)12-16/h1,4-7,12,14,19,30-31H,2-3,8-11,13,15H2,(H3,26,27,29). The number of carbonyl (C=O) groups is 1. The Morgan fingerprint density at radius 1 is 1.34 bits per heavy atom. The molecular weight excluding hydrogens is 437 g/mol. The third kappa shape index (κ3) is 7.06. The van der Waals surface area contributed by atoms with E-state index < -0.39 is 11.6 Å². The van der Waals surface area contributed by atoms with Crippen molar-refractivity contribution in [2.75, 3.05) is 18.5 Å². The zero-order chi connectivity index (χ0) is 23.1. The third-order valence-electron chi connectivity index (χ3n) is 5.67. The van der Waals surface area contributed by atoms with Gasteiger partial charge in [0, 0.05) is 17.6 Å². The van der Waals surface area contributed by atoms with Crippen LogP contribution in [0, 0.1) is 5.82 Å². The first-order valence-electron chi connectivity index (χ1n) is 10.7. The summed E-state index contributed by atoms with van der Waals surface area (Å²) in [6.45, 7) is 0.764. The summed E-state index contributed by atoms with van der Waals surface area (Å²) in [6.07, 6.45) is 3.06. The number of aliphatic hydroxyl groups is 1. The summed E-state index contributed by atoms with van der Waals surface area (Å²) < 4.78 is 19.3. The molecule has 0 spiro atoms. The van der Waals surface area contributed by atoms with Gasteiger partial charge in [0.1, 0.15) is 11.6 Å². The highest BCUT2D eigenvalue weighted by Gasteiger charge is 2.35. The average Bonchev–Trinajstić information content (AvgIpc) is 2.85. The van der Waals surface area contributed by atoms with Gasteiger partial charge in [-0.1, -0.05) is 23.7 Å². The number of hydrogen-bond donors (Lipinski definition) is 4. The van der Waals surface area contributed by atoms with E-state index in [-0.39, 0.29) is 11.9 Å². The van der Waals surface area contributed by atoms with Crippen LogP contribution in [0.5, 0.6) is 5.75 Å². The van der Waals surface area contributed by atoms with Crippen LogP contribution in [-0.4, -0.2) is 46.2 Å². The number of ether oxygens (including phenoxy) is 1. The summed E-state index contributed by atoms with van der Waals surface area (Å²) in [6, 6.07) is 10.1. The van der Waals surface area contributed by atoms with Gasteiger partial charge in [-0.15, -0.1) is 0 Å². The highest BCUT2D eigenvalue weighted by atomic mass is 35.5. The largest absolute Gasteiger partial charge is 0.491 e. The van der Waals surface area contributed by atoms with Crippen LogP contribution in [0.3, 0.4) is 0 Å². The summed E-state index contributed by atoms with van der Waals surface area (Å²) in [5.74, 6) is 0.118. The van der Waals surface area contributed by atoms with E-state index in [0.717, 1.165) is 5.56 Å². The van der Waals surface area contributed by atoms with Crippen molar-refractivity contribution in [1.29, 1.82) is 0 Å². The lowest BCUT2D eigenvalue weighted by atomic mass is 9.85. The molecule has 2 atom stereocenters. The summed E-state index contributed by atoms with van der Waals surface area (Å²) in [5.41, 5.74) is 5.38. The van der Waals surface area contributed by atoms with E-state index in [1.165, 1.54) is 17.2 Å². The predicted molar refractivity (Wildman–Crippen MR) is 121 cm³/mol. The van der Waals surface area contributed by atoms with Crippen LogP contribution >= 0.6 is 11.6 Å². The van der Waals surface area contributed by atoms with Crippen LogP contribution in [0.1, 0.15) is 37.7 Å². The van der Waals surface area contributed by atoms with Gasteiger partial charge in [0.25, 0.3) is 0 Å². The van der Waals surface area contributed by atoms with Crippen molar-refractivity contribution in [2.24, 2.45) is 5.73 Å². The smallest absolute Gasteiger partial charge is 0.316 e. The molecule has 0 aromatic heterocycles. The Labute approximate surface area is 191 Å². The first-order chi connectivity index (χ1) is 15.2. The quantitative estimate of drug-likeness (QED) is 0.433. The minimum atomic E-state index is -0.965. The summed E-state index contributed by atoms with van der Waals surface area (Å²) in [5, 5.41) is 25.8. The van der Waals surface area contributed by atoms with Crippen molar-refractivity contribution in [3.8, 4) is 5.75 Å². The fraction of sp³-hybridized carbons (Fsp3) is 0.435. The molecule has 1 saturated heterocycles. The molecule has 0 radical (unpaired) electrons. The Balaban J connectivity index is 1.57. The number of carbonyl (C=O) groups excluding carboxylic acids is 1. The number of rotatable bonds is 8. The topological polar surface area (TPSA) is 108 Å². The van der Waals surface area contributed by atoms with Crippen LogP contribution < -0.4 is 15.8 Å². The number of nitrogens with two attached hydrogens (primary N) is 1. The van der Waals surface area contributed by atoms with Gasteiger partial charge in [-0.25, -0.2) is 9.18 Å². The van der Waals surface area contributed by atoms with E-state index in [1.54, 1.807) is 24.3 Å². The lowest BCUT2D eigenvalue weighted by molar-refractivity contribution is -0.132. The Morgan fingerprint density at radius 2 is 2.16 bits per heavy atom. The number of hydroxylamine groups is 2. The molecule has 1 fully saturated rings. The van der Waals surface area contributed by atoms with Gasteiger partial charge in [0.05, 0.1) is 17.9 Å². The van der Waals surface area contributed by atoms with Gasteiger partial charge in [-0.05, 0) is 74.4 Å². The van der Waals surface area contributed by atoms with Crippen LogP contribution in [-0.2, 0) is 6.42 Å². The number of nitrogens with one attached hydrogen (secondary N) is 1. The highest BCUT2D eigenvalue weighted by molar-refractivity contribution is 6.31. The fourth-order valence-corrected chi connectivity index (χ4v) is 4.35. The maximum Gasteiger partial charge on any atom is 0.316 e. The molecule has 9 heteroatoms. The molecule has 5 N–H and O–H groups in total. The van der Waals surface area contributed by atoms with Crippen molar-refractivity contribution >= 4 is 23.3 Å². The minimum absolute atomic E-state index is 0.312. The van der Waals surface area contributed by atoms with Crippen LogP contribution in [0.2, 0.25) is 5.02 Å². The molecule has 2 amide bonds. The van der Waals surface area contributed by atoms with Gasteiger partial charge in [0.15, 0.2) is 0 Å². The molecule has 2 aromatic carbocycles. The number of urea groups is 1. The van der Waals surface area contributed by atoms with Crippen molar-refractivity contribution in [3.05, 3.63) is 58.9 Å². The molecule has 0 bridgehead atoms. The molecule has 3 rings (SSSR count). The van der Waals surface area contributed by atoms with Crippen LogP contribution in [0.15, 0.2) is 42.5 Å². The number of nitrogens with zero attached hydrogens (tertiary/aromatic N) is 1. The average molecular weight is 466 g/mol. The lowest BCUT2D eigenvalue weighted by Crippen LogP contribution is -2.39.